The highest BCUT2D eigenvalue weighted by Gasteiger charge is 2.25. The lowest BCUT2D eigenvalue weighted by Crippen LogP contribution is -2.42. The van der Waals surface area contributed by atoms with Crippen molar-refractivity contribution >= 4 is 40.8 Å². The topological polar surface area (TPSA) is 162 Å². The number of aliphatic carboxylic acids is 2. The summed E-state index contributed by atoms with van der Waals surface area (Å²) in [6, 6.07) is 24.1. The second-order valence-corrected chi connectivity index (χ2v) is 8.92. The van der Waals surface area contributed by atoms with Gasteiger partial charge in [0.2, 0.25) is 0 Å². The molecule has 0 bridgehead atoms. The van der Waals surface area contributed by atoms with Gasteiger partial charge in [0.1, 0.15) is 6.54 Å². The van der Waals surface area contributed by atoms with Crippen molar-refractivity contribution in [1.82, 2.24) is 9.80 Å². The molecule has 12 nitrogen and oxygen atoms in total. The quantitative estimate of drug-likeness (QED) is 0.181. The van der Waals surface area contributed by atoms with E-state index in [-0.39, 0.29) is 24.0 Å². The number of non-ortho nitro benzene ring substituents is 1. The number of nitro groups is 1. The first-order chi connectivity index (χ1) is 20.1. The number of nitrogens with zero attached hydrogens (tertiary/aromatic N) is 4. The van der Waals surface area contributed by atoms with Gasteiger partial charge in [-0.15, -0.1) is 0 Å². The Bertz CT molecular complexity index is 1280. The molecule has 2 amide bonds. The molecule has 0 fully saturated rings. The smallest absolute Gasteiger partial charge is 0.414 e. The highest BCUT2D eigenvalue weighted by molar-refractivity contribution is 6.27. The summed E-state index contributed by atoms with van der Waals surface area (Å²) in [5.41, 5.74) is 1.64. The third kappa shape index (κ3) is 10.1. The minimum absolute atomic E-state index is 0.0879. The number of para-hydroxylation sites is 2. The van der Waals surface area contributed by atoms with E-state index in [1.54, 1.807) is 4.90 Å². The lowest BCUT2D eigenvalue weighted by molar-refractivity contribution is -0.384. The first-order valence-corrected chi connectivity index (χ1v) is 13.2. The van der Waals surface area contributed by atoms with Gasteiger partial charge in [-0.05, 0) is 62.5 Å². The second-order valence-electron chi connectivity index (χ2n) is 8.92. The number of hydrogen-bond donors (Lipinski definition) is 2. The third-order valence-electron chi connectivity index (χ3n) is 6.20. The van der Waals surface area contributed by atoms with Crippen molar-refractivity contribution in [3.63, 3.8) is 0 Å². The van der Waals surface area contributed by atoms with E-state index in [1.165, 1.54) is 29.2 Å². The number of carboxylic acid groups (broad SMARTS) is 2. The molecule has 0 saturated carbocycles. The van der Waals surface area contributed by atoms with Crippen LogP contribution in [0.1, 0.15) is 30.6 Å². The number of carbonyl (C=O) groups is 4. The summed E-state index contributed by atoms with van der Waals surface area (Å²) in [4.78, 5) is 61.2. The van der Waals surface area contributed by atoms with E-state index >= 15 is 0 Å². The molecule has 0 aliphatic carbocycles. The molecule has 2 N–H and O–H groups in total. The maximum Gasteiger partial charge on any atom is 0.414 e. The van der Waals surface area contributed by atoms with Gasteiger partial charge in [0.15, 0.2) is 0 Å². The van der Waals surface area contributed by atoms with Gasteiger partial charge in [0.05, 0.1) is 4.92 Å². The minimum Gasteiger partial charge on any atom is -0.473 e. The van der Waals surface area contributed by atoms with Crippen molar-refractivity contribution in [1.29, 1.82) is 0 Å². The molecule has 0 atom stereocenters. The van der Waals surface area contributed by atoms with Gasteiger partial charge in [-0.3, -0.25) is 24.6 Å². The van der Waals surface area contributed by atoms with E-state index < -0.39 is 16.9 Å². The van der Waals surface area contributed by atoms with Crippen molar-refractivity contribution in [3.05, 3.63) is 101 Å². The van der Waals surface area contributed by atoms with Gasteiger partial charge >= 0.3 is 11.9 Å². The standard InChI is InChI=1S/C28H32N4O4.C2H2O4/c1-3-29(4-2)20-11-21-30(28(34)23-16-18-26(19-17-23)32(35)36)22-27(33)31(24-12-7-5-8-13-24)25-14-9-6-10-15-25;3-1(4)2(5)6/h5-10,12-19H,3-4,11,20-22H2,1-2H3;(H,3,4)(H,5,6). The Morgan fingerprint density at radius 2 is 1.21 bits per heavy atom. The largest absolute Gasteiger partial charge is 0.473 e. The molecular formula is C30H34N4O8. The Hall–Kier alpha value is -5.10. The van der Waals surface area contributed by atoms with Crippen molar-refractivity contribution in [2.75, 3.05) is 37.6 Å². The van der Waals surface area contributed by atoms with Gasteiger partial charge < -0.3 is 20.0 Å². The van der Waals surface area contributed by atoms with E-state index in [0.717, 1.165) is 19.6 Å². The second kappa shape index (κ2) is 16.9. The van der Waals surface area contributed by atoms with Gasteiger partial charge in [-0.2, -0.15) is 0 Å². The molecule has 0 saturated heterocycles. The predicted octanol–water partition coefficient (Wildman–Crippen LogP) is 4.29. The molecule has 0 aliphatic rings. The lowest BCUT2D eigenvalue weighted by Gasteiger charge is -2.29. The molecule has 0 radical (unpaired) electrons. The van der Waals surface area contributed by atoms with Gasteiger partial charge in [0, 0.05) is 35.6 Å². The Kier molecular flexibility index (Phi) is 13.3. The average Bonchev–Trinajstić information content (AvgIpc) is 3.00. The Morgan fingerprint density at radius 3 is 1.62 bits per heavy atom. The van der Waals surface area contributed by atoms with Crippen LogP contribution in [0, 0.1) is 10.1 Å². The van der Waals surface area contributed by atoms with Crippen LogP contribution >= 0.6 is 0 Å². The fourth-order valence-electron chi connectivity index (χ4n) is 4.01. The minimum atomic E-state index is -1.82. The van der Waals surface area contributed by atoms with Crippen LogP contribution in [-0.4, -0.2) is 81.4 Å². The van der Waals surface area contributed by atoms with Crippen LogP contribution in [0.15, 0.2) is 84.9 Å². The van der Waals surface area contributed by atoms with Crippen LogP contribution in [0.2, 0.25) is 0 Å². The Labute approximate surface area is 243 Å². The van der Waals surface area contributed by atoms with Crippen LogP contribution in [0.3, 0.4) is 0 Å². The maximum absolute atomic E-state index is 13.7. The van der Waals surface area contributed by atoms with Gasteiger partial charge in [0.25, 0.3) is 17.5 Å². The monoisotopic (exact) mass is 578 g/mol. The molecule has 12 heteroatoms. The predicted molar refractivity (Wildman–Crippen MR) is 157 cm³/mol. The lowest BCUT2D eigenvalue weighted by atomic mass is 10.1. The molecule has 42 heavy (non-hydrogen) atoms. The molecular weight excluding hydrogens is 544 g/mol. The van der Waals surface area contributed by atoms with E-state index in [9.17, 15) is 19.7 Å². The number of rotatable bonds is 12. The molecule has 0 aromatic heterocycles. The summed E-state index contributed by atoms with van der Waals surface area (Å²) >= 11 is 0. The van der Waals surface area contributed by atoms with Crippen LogP contribution in [0.5, 0.6) is 0 Å². The van der Waals surface area contributed by atoms with Crippen molar-refractivity contribution < 1.29 is 34.3 Å². The molecule has 0 aliphatic heterocycles. The van der Waals surface area contributed by atoms with Crippen molar-refractivity contribution in [2.45, 2.75) is 20.3 Å². The van der Waals surface area contributed by atoms with E-state index in [4.69, 9.17) is 19.8 Å². The molecule has 0 heterocycles. The highest BCUT2D eigenvalue weighted by atomic mass is 16.6. The first kappa shape index (κ1) is 33.1. The van der Waals surface area contributed by atoms with E-state index in [1.807, 2.05) is 60.7 Å². The number of carbonyl (C=O) groups excluding carboxylic acids is 2. The molecule has 3 aromatic rings. The molecule has 0 unspecified atom stereocenters. The molecule has 3 rings (SSSR count). The summed E-state index contributed by atoms with van der Waals surface area (Å²) in [7, 11) is 0. The molecule has 222 valence electrons. The summed E-state index contributed by atoms with van der Waals surface area (Å²) in [6.07, 6.45) is 0.699. The van der Waals surface area contributed by atoms with Crippen LogP contribution in [0.4, 0.5) is 17.1 Å². The fourth-order valence-corrected chi connectivity index (χ4v) is 4.01. The molecule has 3 aromatic carbocycles. The third-order valence-corrected chi connectivity index (χ3v) is 6.20. The first-order valence-electron chi connectivity index (χ1n) is 13.2. The van der Waals surface area contributed by atoms with Crippen molar-refractivity contribution in [3.8, 4) is 0 Å². The highest BCUT2D eigenvalue weighted by Crippen LogP contribution is 2.25. The average molecular weight is 579 g/mol. The van der Waals surface area contributed by atoms with E-state index in [2.05, 4.69) is 18.7 Å². The van der Waals surface area contributed by atoms with Crippen LogP contribution < -0.4 is 4.90 Å². The van der Waals surface area contributed by atoms with Crippen LogP contribution in [0.25, 0.3) is 0 Å². The summed E-state index contributed by atoms with van der Waals surface area (Å²) in [5.74, 6) is -4.23. The van der Waals surface area contributed by atoms with Crippen molar-refractivity contribution in [2.24, 2.45) is 0 Å². The number of amides is 2. The normalized spacial score (nSPS) is 10.3. The summed E-state index contributed by atoms with van der Waals surface area (Å²) in [6.45, 7) is 7.04. The van der Waals surface area contributed by atoms with E-state index in [0.29, 0.717) is 29.9 Å². The van der Waals surface area contributed by atoms with Crippen LogP contribution in [-0.2, 0) is 14.4 Å². The molecule has 0 spiro atoms. The fraction of sp³-hybridized carbons (Fsp3) is 0.267. The number of nitro benzene ring substituents is 1. The zero-order valence-corrected chi connectivity index (χ0v) is 23.5. The number of anilines is 2. The number of hydrogen-bond acceptors (Lipinski definition) is 7. The number of carboxylic acids is 2. The van der Waals surface area contributed by atoms with Gasteiger partial charge in [-0.25, -0.2) is 9.59 Å². The van der Waals surface area contributed by atoms with Gasteiger partial charge in [-0.1, -0.05) is 50.2 Å². The zero-order valence-electron chi connectivity index (χ0n) is 23.5. The summed E-state index contributed by atoms with van der Waals surface area (Å²) in [5, 5.41) is 25.8. The SMILES string of the molecule is CCN(CC)CCCN(CC(=O)N(c1ccccc1)c1ccccc1)C(=O)c1ccc([N+](=O)[O-])cc1.O=C(O)C(=O)O. The Morgan fingerprint density at radius 1 is 0.738 bits per heavy atom. The summed E-state index contributed by atoms with van der Waals surface area (Å²) < 4.78 is 0. The number of benzene rings is 3. The Balaban J connectivity index is 0.000000928. The maximum atomic E-state index is 13.7. The zero-order chi connectivity index (χ0) is 31.1.